The van der Waals surface area contributed by atoms with Crippen LogP contribution in [0, 0.1) is 34.5 Å². The summed E-state index contributed by atoms with van der Waals surface area (Å²) >= 11 is 6.68. The summed E-state index contributed by atoms with van der Waals surface area (Å²) in [7, 11) is 0. The molecule has 2 N–H and O–H groups in total. The van der Waals surface area contributed by atoms with Crippen LogP contribution >= 0.6 is 11.6 Å². The van der Waals surface area contributed by atoms with Crippen LogP contribution in [0.2, 0.25) is 0 Å². The van der Waals surface area contributed by atoms with Crippen molar-refractivity contribution in [1.82, 2.24) is 0 Å². The zero-order valence-corrected chi connectivity index (χ0v) is 19.3. The first-order valence-electron chi connectivity index (χ1n) is 10.8. The Kier molecular flexibility index (Phi) is 5.88. The average molecular weight is 437 g/mol. The monoisotopic (exact) mass is 436 g/mol. The molecule has 0 saturated heterocycles. The number of aliphatic carboxylic acids is 1. The summed E-state index contributed by atoms with van der Waals surface area (Å²) in [5, 5.41) is 19.5. The van der Waals surface area contributed by atoms with Crippen molar-refractivity contribution in [3.63, 3.8) is 0 Å². The van der Waals surface area contributed by atoms with E-state index in [-0.39, 0.29) is 34.7 Å². The largest absolute Gasteiger partial charge is 0.481 e. The highest BCUT2D eigenvalue weighted by Crippen LogP contribution is 2.68. The molecule has 0 unspecified atom stereocenters. The molecule has 4 aliphatic rings. The summed E-state index contributed by atoms with van der Waals surface area (Å²) in [5.74, 6) is 0.114. The normalized spacial score (nSPS) is 44.4. The maximum absolute atomic E-state index is 12.5. The van der Waals surface area contributed by atoms with E-state index in [0.29, 0.717) is 17.4 Å². The Hall–Kier alpha value is -1.46. The first kappa shape index (κ1) is 23.2. The number of carbonyl (C=O) groups excluding carboxylic acids is 2. The van der Waals surface area contributed by atoms with Crippen molar-refractivity contribution in [2.24, 2.45) is 34.5 Å². The lowest BCUT2D eigenvalue weighted by Crippen LogP contribution is -2.58. The van der Waals surface area contributed by atoms with Crippen LogP contribution in [0.3, 0.4) is 0 Å². The van der Waals surface area contributed by atoms with Gasteiger partial charge in [-0.05, 0) is 73.3 Å². The maximum atomic E-state index is 12.5. The molecule has 4 rings (SSSR count). The van der Waals surface area contributed by atoms with Gasteiger partial charge in [-0.15, -0.1) is 0 Å². The minimum Gasteiger partial charge on any atom is -0.481 e. The third-order valence-electron chi connectivity index (χ3n) is 8.68. The highest BCUT2D eigenvalue weighted by Gasteiger charge is 2.67. The summed E-state index contributed by atoms with van der Waals surface area (Å²) in [6, 6.07) is 0. The zero-order valence-electron chi connectivity index (χ0n) is 18.5. The van der Waals surface area contributed by atoms with Crippen LogP contribution < -0.4 is 0 Å². The Balaban J connectivity index is 0.000000589. The molecule has 7 atom stereocenters. The second-order valence-electron chi connectivity index (χ2n) is 10.2. The number of carboxylic acids is 1. The smallest absolute Gasteiger partial charge is 0.300 e. The molecule has 30 heavy (non-hydrogen) atoms. The number of aliphatic hydroxyl groups is 1. The van der Waals surface area contributed by atoms with Crippen LogP contribution in [0.25, 0.3) is 0 Å². The summed E-state index contributed by atoms with van der Waals surface area (Å²) in [4.78, 5) is 33.4. The number of carbonyl (C=O) groups is 3. The van der Waals surface area contributed by atoms with Crippen molar-refractivity contribution in [1.29, 1.82) is 0 Å². The molecular weight excluding hydrogens is 404 g/mol. The van der Waals surface area contributed by atoms with Crippen LogP contribution in [0.4, 0.5) is 0 Å². The quantitative estimate of drug-likeness (QED) is 0.630. The Morgan fingerprint density at radius 1 is 1.17 bits per heavy atom. The van der Waals surface area contributed by atoms with Crippen molar-refractivity contribution in [3.8, 4) is 0 Å². The highest BCUT2D eigenvalue weighted by molar-refractivity contribution is 6.32. The number of Topliss-reactive ketones (excluding diaryl/α,β-unsaturated/α-hetero) is 1. The van der Waals surface area contributed by atoms with Gasteiger partial charge in [-0.25, -0.2) is 0 Å². The minimum atomic E-state index is -1.25. The van der Waals surface area contributed by atoms with Crippen LogP contribution in [-0.2, 0) is 14.4 Å². The lowest BCUT2D eigenvalue weighted by molar-refractivity contribution is -0.162. The third kappa shape index (κ3) is 3.20. The van der Waals surface area contributed by atoms with E-state index < -0.39 is 17.0 Å². The Morgan fingerprint density at radius 2 is 1.77 bits per heavy atom. The van der Waals surface area contributed by atoms with E-state index in [0.717, 1.165) is 38.2 Å². The van der Waals surface area contributed by atoms with Gasteiger partial charge in [0, 0.05) is 23.8 Å². The number of fused-ring (bicyclic) bond motifs is 5. The van der Waals surface area contributed by atoms with E-state index in [9.17, 15) is 14.7 Å². The summed E-state index contributed by atoms with van der Waals surface area (Å²) in [6.45, 7) is 9.00. The second kappa shape index (κ2) is 7.59. The van der Waals surface area contributed by atoms with E-state index in [4.69, 9.17) is 21.5 Å². The molecule has 0 bridgehead atoms. The fraction of sp³-hybridized carbons (Fsp3) is 0.708. The SMILES string of the molecule is CC(=O)O.CC(=O)[C@@]1(O)[C@H](C)C[C@H]2[C@@H]3C=C(Cl)C4=CC(=O)CC[C@]4(C)[C@H]3CC[C@@]21C. The van der Waals surface area contributed by atoms with Gasteiger partial charge in [0.05, 0.1) is 0 Å². The van der Waals surface area contributed by atoms with E-state index in [1.165, 1.54) is 6.92 Å². The predicted octanol–water partition coefficient (Wildman–Crippen LogP) is 4.52. The van der Waals surface area contributed by atoms with Crippen molar-refractivity contribution < 1.29 is 24.6 Å². The Labute approximate surface area is 183 Å². The van der Waals surface area contributed by atoms with E-state index >= 15 is 0 Å². The number of halogens is 1. The molecule has 0 heterocycles. The molecule has 0 amide bonds. The molecular formula is C24H33ClO5. The van der Waals surface area contributed by atoms with Gasteiger partial charge in [0.15, 0.2) is 11.6 Å². The molecule has 0 aliphatic heterocycles. The number of hydrogen-bond acceptors (Lipinski definition) is 4. The predicted molar refractivity (Wildman–Crippen MR) is 115 cm³/mol. The molecule has 2 saturated carbocycles. The number of carboxylic acid groups (broad SMARTS) is 1. The molecule has 0 radical (unpaired) electrons. The van der Waals surface area contributed by atoms with Crippen molar-refractivity contribution in [3.05, 3.63) is 22.8 Å². The van der Waals surface area contributed by atoms with Gasteiger partial charge >= 0.3 is 0 Å². The molecule has 0 spiro atoms. The average Bonchev–Trinajstić information content (AvgIpc) is 2.85. The molecule has 5 nitrogen and oxygen atoms in total. The number of ketones is 2. The zero-order chi connectivity index (χ0) is 22.6. The fourth-order valence-electron chi connectivity index (χ4n) is 7.17. The standard InChI is InChI=1S/C22H29ClO3.C2H4O2/c1-12-9-17-15-11-19(23)18-10-14(25)5-7-20(18,3)16(15)6-8-21(17,4)22(12,26)13(2)24;1-2(3)4/h10-12,15-17,26H,5-9H2,1-4H3;1H3,(H,3,4)/t12-,15-,16+,17+,20-,21+,22+;/m1./s1. The minimum absolute atomic E-state index is 0.0430. The van der Waals surface area contributed by atoms with Gasteiger partial charge in [0.1, 0.15) is 5.60 Å². The van der Waals surface area contributed by atoms with Crippen molar-refractivity contribution in [2.45, 2.75) is 72.3 Å². The van der Waals surface area contributed by atoms with Gasteiger partial charge < -0.3 is 10.2 Å². The molecule has 0 aromatic rings. The van der Waals surface area contributed by atoms with Crippen LogP contribution in [0.1, 0.15) is 66.7 Å². The van der Waals surface area contributed by atoms with Gasteiger partial charge in [-0.3, -0.25) is 14.4 Å². The van der Waals surface area contributed by atoms with Crippen molar-refractivity contribution in [2.75, 3.05) is 0 Å². The highest BCUT2D eigenvalue weighted by atomic mass is 35.5. The fourth-order valence-corrected chi connectivity index (χ4v) is 7.59. The van der Waals surface area contributed by atoms with Gasteiger partial charge in [0.2, 0.25) is 0 Å². The first-order chi connectivity index (χ1) is 13.8. The second-order valence-corrected chi connectivity index (χ2v) is 10.6. The number of rotatable bonds is 1. The molecule has 6 heteroatoms. The topological polar surface area (TPSA) is 91.7 Å². The molecule has 166 valence electrons. The number of allylic oxidation sites excluding steroid dienone is 4. The van der Waals surface area contributed by atoms with Gasteiger partial charge in [-0.1, -0.05) is 38.4 Å². The van der Waals surface area contributed by atoms with E-state index in [1.807, 2.05) is 6.92 Å². The van der Waals surface area contributed by atoms with Gasteiger partial charge in [0.25, 0.3) is 5.97 Å². The third-order valence-corrected chi connectivity index (χ3v) is 9.01. The molecule has 2 fully saturated rings. The lowest BCUT2D eigenvalue weighted by Gasteiger charge is -2.57. The Bertz CT molecular complexity index is 841. The van der Waals surface area contributed by atoms with Crippen LogP contribution in [-0.4, -0.2) is 33.3 Å². The van der Waals surface area contributed by atoms with Crippen molar-refractivity contribution >= 4 is 29.1 Å². The van der Waals surface area contributed by atoms with Gasteiger partial charge in [-0.2, -0.15) is 0 Å². The van der Waals surface area contributed by atoms with Crippen LogP contribution in [0.15, 0.2) is 22.8 Å². The van der Waals surface area contributed by atoms with E-state index in [1.54, 1.807) is 6.08 Å². The maximum Gasteiger partial charge on any atom is 0.300 e. The van der Waals surface area contributed by atoms with Crippen LogP contribution in [0.5, 0.6) is 0 Å². The first-order valence-corrected chi connectivity index (χ1v) is 11.2. The molecule has 4 aliphatic carbocycles. The molecule has 0 aromatic carbocycles. The molecule has 0 aromatic heterocycles. The summed E-state index contributed by atoms with van der Waals surface area (Å²) in [6.07, 6.45) is 7.99. The summed E-state index contributed by atoms with van der Waals surface area (Å²) in [5.41, 5.74) is -0.725. The number of hydrogen-bond donors (Lipinski definition) is 2. The lowest BCUT2D eigenvalue weighted by atomic mass is 9.48. The van der Waals surface area contributed by atoms with E-state index in [2.05, 4.69) is 19.9 Å². The summed E-state index contributed by atoms with van der Waals surface area (Å²) < 4.78 is 0. The Morgan fingerprint density at radius 3 is 2.33 bits per heavy atom.